The summed E-state index contributed by atoms with van der Waals surface area (Å²) < 4.78 is 47.5. The van der Waals surface area contributed by atoms with Crippen molar-refractivity contribution in [2.45, 2.75) is 19.0 Å². The standard InChI is InChI=1S/C10H11F3NOS/c11-10(12,13)8(7-16-15)4-5-9-3-1-2-6-14-9/h1-3,6,8H,4-5,7H2/q+1. The average Bonchev–Trinajstić information content (AvgIpc) is 2.24. The first-order valence-electron chi connectivity index (χ1n) is 4.75. The maximum absolute atomic E-state index is 12.4. The molecule has 0 N–H and O–H groups in total. The van der Waals surface area contributed by atoms with E-state index in [9.17, 15) is 17.4 Å². The Bertz CT molecular complexity index is 329. The maximum atomic E-state index is 12.4. The van der Waals surface area contributed by atoms with Gasteiger partial charge in [0.05, 0.1) is 0 Å². The van der Waals surface area contributed by atoms with Crippen molar-refractivity contribution >= 4 is 11.7 Å². The average molecular weight is 250 g/mol. The molecule has 0 saturated heterocycles. The molecule has 88 valence electrons. The van der Waals surface area contributed by atoms with E-state index in [1.165, 1.54) is 0 Å². The molecule has 6 heteroatoms. The predicted octanol–water partition coefficient (Wildman–Crippen LogP) is 2.62. The number of nitrogens with zero attached hydrogens (tertiary/aromatic N) is 1. The third kappa shape index (κ3) is 4.22. The minimum atomic E-state index is -4.30. The van der Waals surface area contributed by atoms with E-state index in [4.69, 9.17) is 0 Å². The van der Waals surface area contributed by atoms with Crippen molar-refractivity contribution in [1.29, 1.82) is 0 Å². The number of rotatable bonds is 5. The maximum Gasteiger partial charge on any atom is 0.459 e. The topological polar surface area (TPSA) is 30.0 Å². The molecule has 1 atom stereocenters. The summed E-state index contributed by atoms with van der Waals surface area (Å²) in [5.41, 5.74) is 0.618. The summed E-state index contributed by atoms with van der Waals surface area (Å²) in [6.45, 7) is 0. The Labute approximate surface area is 95.4 Å². The second kappa shape index (κ2) is 5.89. The first-order valence-corrected chi connectivity index (χ1v) is 5.66. The Balaban J connectivity index is 2.54. The molecule has 2 nitrogen and oxygen atoms in total. The van der Waals surface area contributed by atoms with Gasteiger partial charge in [0, 0.05) is 16.1 Å². The third-order valence-corrected chi connectivity index (χ3v) is 2.75. The van der Waals surface area contributed by atoms with Gasteiger partial charge in [0.15, 0.2) is 0 Å². The van der Waals surface area contributed by atoms with Crippen LogP contribution in [-0.4, -0.2) is 16.9 Å². The van der Waals surface area contributed by atoms with Crippen LogP contribution < -0.4 is 0 Å². The van der Waals surface area contributed by atoms with Crippen LogP contribution >= 0.6 is 0 Å². The van der Waals surface area contributed by atoms with E-state index >= 15 is 0 Å². The summed E-state index contributed by atoms with van der Waals surface area (Å²) in [6, 6.07) is 5.11. The van der Waals surface area contributed by atoms with Crippen LogP contribution in [0.25, 0.3) is 0 Å². The highest BCUT2D eigenvalue weighted by molar-refractivity contribution is 7.65. The molecule has 1 aromatic heterocycles. The van der Waals surface area contributed by atoms with Crippen LogP contribution in [-0.2, 0) is 22.3 Å². The van der Waals surface area contributed by atoms with Crippen molar-refractivity contribution in [3.05, 3.63) is 30.1 Å². The second-order valence-corrected chi connectivity index (χ2v) is 3.95. The molecule has 0 aliphatic carbocycles. The zero-order valence-corrected chi connectivity index (χ0v) is 9.22. The monoisotopic (exact) mass is 250 g/mol. The predicted molar refractivity (Wildman–Crippen MR) is 55.0 cm³/mol. The van der Waals surface area contributed by atoms with Gasteiger partial charge in [-0.25, -0.2) is 0 Å². The molecule has 0 saturated carbocycles. The number of aromatic nitrogens is 1. The van der Waals surface area contributed by atoms with E-state index in [0.717, 1.165) is 0 Å². The Hall–Kier alpha value is -1.04. The van der Waals surface area contributed by atoms with Gasteiger partial charge in [-0.15, -0.1) is 0 Å². The smallest absolute Gasteiger partial charge is 0.261 e. The lowest BCUT2D eigenvalue weighted by Crippen LogP contribution is -2.26. The molecule has 1 aromatic rings. The molecule has 16 heavy (non-hydrogen) atoms. The van der Waals surface area contributed by atoms with Crippen LogP contribution in [0.4, 0.5) is 13.2 Å². The van der Waals surface area contributed by atoms with E-state index in [2.05, 4.69) is 4.98 Å². The van der Waals surface area contributed by atoms with Gasteiger partial charge in [-0.3, -0.25) is 4.98 Å². The van der Waals surface area contributed by atoms with Gasteiger partial charge in [0.2, 0.25) is 5.75 Å². The van der Waals surface area contributed by atoms with Gasteiger partial charge in [-0.1, -0.05) is 6.07 Å². The lowest BCUT2D eigenvalue weighted by Gasteiger charge is -2.13. The van der Waals surface area contributed by atoms with Crippen molar-refractivity contribution in [2.75, 3.05) is 5.75 Å². The van der Waals surface area contributed by atoms with Crippen LogP contribution in [0.15, 0.2) is 24.4 Å². The van der Waals surface area contributed by atoms with Gasteiger partial charge in [-0.2, -0.15) is 13.2 Å². The molecule has 1 unspecified atom stereocenters. The highest BCUT2D eigenvalue weighted by Gasteiger charge is 2.42. The summed E-state index contributed by atoms with van der Waals surface area (Å²) >= 11 is -0.0187. The van der Waals surface area contributed by atoms with E-state index in [1.54, 1.807) is 24.4 Å². The molecule has 1 heterocycles. The fourth-order valence-corrected chi connectivity index (χ4v) is 1.81. The summed E-state index contributed by atoms with van der Waals surface area (Å²) in [7, 11) is 0. The Morgan fingerprint density at radius 1 is 1.38 bits per heavy atom. The van der Waals surface area contributed by atoms with Crippen molar-refractivity contribution in [3.63, 3.8) is 0 Å². The van der Waals surface area contributed by atoms with Crippen molar-refractivity contribution < 1.29 is 17.4 Å². The second-order valence-electron chi connectivity index (χ2n) is 3.38. The van der Waals surface area contributed by atoms with Gasteiger partial charge in [0.1, 0.15) is 5.92 Å². The number of aryl methyl sites for hydroxylation is 1. The van der Waals surface area contributed by atoms with E-state index in [0.29, 0.717) is 5.69 Å². The Kier molecular flexibility index (Phi) is 4.79. The zero-order chi connectivity index (χ0) is 12.0. The molecule has 0 radical (unpaired) electrons. The minimum Gasteiger partial charge on any atom is -0.261 e. The fraction of sp³-hybridized carbons (Fsp3) is 0.500. The van der Waals surface area contributed by atoms with Crippen LogP contribution in [0, 0.1) is 5.92 Å². The summed E-state index contributed by atoms with van der Waals surface area (Å²) in [5, 5.41) is 0. The summed E-state index contributed by atoms with van der Waals surface area (Å²) in [6.07, 6.45) is -2.60. The Morgan fingerprint density at radius 3 is 2.62 bits per heavy atom. The van der Waals surface area contributed by atoms with Crippen molar-refractivity contribution in [3.8, 4) is 0 Å². The van der Waals surface area contributed by atoms with Crippen molar-refractivity contribution in [1.82, 2.24) is 4.98 Å². The summed E-state index contributed by atoms with van der Waals surface area (Å²) in [4.78, 5) is 3.94. The zero-order valence-electron chi connectivity index (χ0n) is 8.41. The number of hydrogen-bond donors (Lipinski definition) is 0. The molecule has 0 bridgehead atoms. The lowest BCUT2D eigenvalue weighted by molar-refractivity contribution is -0.169. The molecular formula is C10H11F3NOS+. The largest absolute Gasteiger partial charge is 0.459 e. The third-order valence-electron chi connectivity index (χ3n) is 2.21. The minimum absolute atomic E-state index is 0.0187. The molecule has 1 rings (SSSR count). The van der Waals surface area contributed by atoms with Gasteiger partial charge < -0.3 is 0 Å². The van der Waals surface area contributed by atoms with Gasteiger partial charge in [0.25, 0.3) is 0 Å². The van der Waals surface area contributed by atoms with Crippen molar-refractivity contribution in [2.24, 2.45) is 5.92 Å². The normalized spacial score (nSPS) is 13.4. The van der Waals surface area contributed by atoms with Crippen LogP contribution in [0.3, 0.4) is 0 Å². The number of pyridine rings is 1. The van der Waals surface area contributed by atoms with E-state index in [-0.39, 0.29) is 24.5 Å². The van der Waals surface area contributed by atoms with Crippen LogP contribution in [0.5, 0.6) is 0 Å². The molecule has 0 aliphatic rings. The molecule has 0 amide bonds. The summed E-state index contributed by atoms with van der Waals surface area (Å²) in [5.74, 6) is -1.98. The fourth-order valence-electron chi connectivity index (χ4n) is 1.29. The van der Waals surface area contributed by atoms with Crippen LogP contribution in [0.1, 0.15) is 12.1 Å². The number of alkyl halides is 3. The lowest BCUT2D eigenvalue weighted by atomic mass is 10.0. The van der Waals surface area contributed by atoms with E-state index < -0.39 is 17.8 Å². The quantitative estimate of drug-likeness (QED) is 0.752. The molecule has 0 spiro atoms. The number of halogens is 3. The SMILES string of the molecule is O=[S+]CC(CCc1ccccn1)C(F)(F)F. The molecule has 0 aromatic carbocycles. The molecular weight excluding hydrogens is 239 g/mol. The van der Waals surface area contributed by atoms with E-state index in [1.807, 2.05) is 0 Å². The molecule has 0 fully saturated rings. The van der Waals surface area contributed by atoms with Gasteiger partial charge in [-0.05, 0) is 25.0 Å². The first-order chi connectivity index (χ1) is 7.54. The number of hydrogen-bond acceptors (Lipinski definition) is 2. The molecule has 0 aliphatic heterocycles. The highest BCUT2D eigenvalue weighted by atomic mass is 32.1. The van der Waals surface area contributed by atoms with Crippen LogP contribution in [0.2, 0.25) is 0 Å². The highest BCUT2D eigenvalue weighted by Crippen LogP contribution is 2.29. The van der Waals surface area contributed by atoms with Gasteiger partial charge >= 0.3 is 17.8 Å². The first kappa shape index (κ1) is 13.0. The Morgan fingerprint density at radius 2 is 2.12 bits per heavy atom.